The summed E-state index contributed by atoms with van der Waals surface area (Å²) in [5.74, 6) is 0.827. The van der Waals surface area contributed by atoms with Crippen LogP contribution in [0.4, 0.5) is 0 Å². The van der Waals surface area contributed by atoms with E-state index in [1.165, 1.54) is 0 Å². The zero-order valence-electron chi connectivity index (χ0n) is 16.6. The Morgan fingerprint density at radius 1 is 1.00 bits per heavy atom. The molecule has 2 rings (SSSR count). The fraction of sp³-hybridized carbons (Fsp3) is 0.455. The molecule has 0 atom stereocenters. The molecule has 0 amide bonds. The van der Waals surface area contributed by atoms with Gasteiger partial charge in [0.25, 0.3) is 0 Å². The normalized spacial score (nSPS) is 12.3. The van der Waals surface area contributed by atoms with Crippen LogP contribution in [0.25, 0.3) is 0 Å². The van der Waals surface area contributed by atoms with Crippen molar-refractivity contribution >= 4 is 39.1 Å². The van der Waals surface area contributed by atoms with Gasteiger partial charge in [0.2, 0.25) is 0 Å². The SMILES string of the molecule is CC(C)(C)CC(C)(C)NCc1cc(Br)ccc1OCc1c(Cl)cccc1Cl. The van der Waals surface area contributed by atoms with E-state index >= 15 is 0 Å². The topological polar surface area (TPSA) is 21.3 Å². The lowest BCUT2D eigenvalue weighted by Crippen LogP contribution is -2.41. The maximum atomic E-state index is 6.26. The van der Waals surface area contributed by atoms with Crippen molar-refractivity contribution in [2.24, 2.45) is 5.41 Å². The molecule has 0 saturated heterocycles. The predicted molar refractivity (Wildman–Crippen MR) is 120 cm³/mol. The second-order valence-corrected chi connectivity index (χ2v) is 10.4. The van der Waals surface area contributed by atoms with Gasteiger partial charge in [-0.05, 0) is 56.0 Å². The lowest BCUT2D eigenvalue weighted by Gasteiger charge is -2.33. The molecule has 0 aliphatic rings. The molecule has 0 aromatic heterocycles. The number of ether oxygens (including phenoxy) is 1. The van der Waals surface area contributed by atoms with Crippen molar-refractivity contribution in [3.05, 3.63) is 62.0 Å². The molecule has 0 heterocycles. The molecule has 5 heteroatoms. The Hall–Kier alpha value is -0.740. The minimum Gasteiger partial charge on any atom is -0.488 e. The van der Waals surface area contributed by atoms with Gasteiger partial charge < -0.3 is 10.1 Å². The minimum absolute atomic E-state index is 0.0177. The number of rotatable bonds is 7. The molecular weight excluding hydrogens is 445 g/mol. The molecule has 0 aliphatic carbocycles. The molecule has 2 aromatic carbocycles. The summed E-state index contributed by atoms with van der Waals surface area (Å²) in [7, 11) is 0. The largest absolute Gasteiger partial charge is 0.488 e. The molecule has 0 radical (unpaired) electrons. The summed E-state index contributed by atoms with van der Waals surface area (Å²) in [6.45, 7) is 12.3. The van der Waals surface area contributed by atoms with E-state index in [0.717, 1.165) is 27.8 Å². The Balaban J connectivity index is 2.13. The summed E-state index contributed by atoms with van der Waals surface area (Å²) in [5, 5.41) is 4.90. The van der Waals surface area contributed by atoms with Crippen LogP contribution in [0.5, 0.6) is 5.75 Å². The van der Waals surface area contributed by atoms with Crippen LogP contribution in [0.3, 0.4) is 0 Å². The molecular formula is C22H28BrCl2NO. The molecule has 0 spiro atoms. The van der Waals surface area contributed by atoms with Gasteiger partial charge in [-0.25, -0.2) is 0 Å². The number of benzene rings is 2. The molecule has 2 nitrogen and oxygen atoms in total. The third kappa shape index (κ3) is 7.30. The zero-order chi connectivity index (χ0) is 20.2. The molecule has 0 unspecified atom stereocenters. The first kappa shape index (κ1) is 22.5. The van der Waals surface area contributed by atoms with Crippen LogP contribution < -0.4 is 10.1 Å². The van der Waals surface area contributed by atoms with E-state index in [4.69, 9.17) is 27.9 Å². The second kappa shape index (κ2) is 9.17. The van der Waals surface area contributed by atoms with Crippen molar-refractivity contribution in [2.75, 3.05) is 0 Å². The summed E-state index contributed by atoms with van der Waals surface area (Å²) >= 11 is 16.1. The monoisotopic (exact) mass is 471 g/mol. The maximum absolute atomic E-state index is 6.26. The molecule has 0 saturated carbocycles. The Morgan fingerprint density at radius 3 is 2.22 bits per heavy atom. The van der Waals surface area contributed by atoms with Gasteiger partial charge in [0.05, 0.1) is 0 Å². The van der Waals surface area contributed by atoms with Gasteiger partial charge in [-0.1, -0.05) is 66.0 Å². The fourth-order valence-corrected chi connectivity index (χ4v) is 4.29. The third-order valence-electron chi connectivity index (χ3n) is 4.19. The average molecular weight is 473 g/mol. The van der Waals surface area contributed by atoms with Crippen LogP contribution in [0.15, 0.2) is 40.9 Å². The highest BCUT2D eigenvalue weighted by Gasteiger charge is 2.25. The third-order valence-corrected chi connectivity index (χ3v) is 5.39. The number of nitrogens with one attached hydrogen (secondary N) is 1. The van der Waals surface area contributed by atoms with Crippen molar-refractivity contribution in [3.8, 4) is 5.75 Å². The summed E-state index contributed by atoms with van der Waals surface area (Å²) < 4.78 is 7.10. The van der Waals surface area contributed by atoms with Crippen LogP contribution in [0, 0.1) is 5.41 Å². The zero-order valence-corrected chi connectivity index (χ0v) is 19.7. The molecule has 27 heavy (non-hydrogen) atoms. The van der Waals surface area contributed by atoms with Gasteiger partial charge in [0.1, 0.15) is 12.4 Å². The first-order valence-electron chi connectivity index (χ1n) is 9.06. The van der Waals surface area contributed by atoms with E-state index in [1.807, 2.05) is 30.3 Å². The Kier molecular flexibility index (Phi) is 7.66. The van der Waals surface area contributed by atoms with Crippen molar-refractivity contribution in [1.82, 2.24) is 5.32 Å². The quantitative estimate of drug-likeness (QED) is 0.446. The van der Waals surface area contributed by atoms with E-state index in [0.29, 0.717) is 23.2 Å². The van der Waals surface area contributed by atoms with E-state index in [9.17, 15) is 0 Å². The lowest BCUT2D eigenvalue weighted by molar-refractivity contribution is 0.238. The predicted octanol–water partition coefficient (Wildman–Crippen LogP) is 7.64. The first-order chi connectivity index (χ1) is 12.5. The van der Waals surface area contributed by atoms with E-state index < -0.39 is 0 Å². The van der Waals surface area contributed by atoms with Crippen LogP contribution >= 0.6 is 39.1 Å². The van der Waals surface area contributed by atoms with Gasteiger partial charge in [-0.2, -0.15) is 0 Å². The van der Waals surface area contributed by atoms with Crippen molar-refractivity contribution in [2.45, 2.75) is 59.7 Å². The second-order valence-electron chi connectivity index (χ2n) is 8.72. The highest BCUT2D eigenvalue weighted by molar-refractivity contribution is 9.10. The van der Waals surface area contributed by atoms with E-state index in [2.05, 4.69) is 61.9 Å². The molecule has 0 bridgehead atoms. The smallest absolute Gasteiger partial charge is 0.124 e. The summed E-state index contributed by atoms with van der Waals surface area (Å²) in [6, 6.07) is 11.5. The van der Waals surface area contributed by atoms with Gasteiger partial charge in [0, 0.05) is 37.7 Å². The van der Waals surface area contributed by atoms with E-state index in [-0.39, 0.29) is 11.0 Å². The summed E-state index contributed by atoms with van der Waals surface area (Å²) in [4.78, 5) is 0. The Bertz CT molecular complexity index is 764. The summed E-state index contributed by atoms with van der Waals surface area (Å²) in [6.07, 6.45) is 1.07. The molecule has 148 valence electrons. The number of hydrogen-bond donors (Lipinski definition) is 1. The Morgan fingerprint density at radius 2 is 1.63 bits per heavy atom. The van der Waals surface area contributed by atoms with Gasteiger partial charge in [-0.3, -0.25) is 0 Å². The van der Waals surface area contributed by atoms with Crippen molar-refractivity contribution < 1.29 is 4.74 Å². The van der Waals surface area contributed by atoms with Gasteiger partial charge in [0.15, 0.2) is 0 Å². The van der Waals surface area contributed by atoms with Crippen LogP contribution in [-0.4, -0.2) is 5.54 Å². The highest BCUT2D eigenvalue weighted by atomic mass is 79.9. The summed E-state index contributed by atoms with van der Waals surface area (Å²) in [5.41, 5.74) is 2.17. The molecule has 0 aliphatic heterocycles. The Labute approximate surface area is 181 Å². The van der Waals surface area contributed by atoms with Crippen LogP contribution in [0.1, 0.15) is 52.2 Å². The van der Waals surface area contributed by atoms with Gasteiger partial charge >= 0.3 is 0 Å². The van der Waals surface area contributed by atoms with Crippen molar-refractivity contribution in [3.63, 3.8) is 0 Å². The van der Waals surface area contributed by atoms with Gasteiger partial charge in [-0.15, -0.1) is 0 Å². The first-order valence-corrected chi connectivity index (χ1v) is 10.6. The number of halogens is 3. The fourth-order valence-electron chi connectivity index (χ4n) is 3.37. The number of hydrogen-bond acceptors (Lipinski definition) is 2. The lowest BCUT2D eigenvalue weighted by atomic mass is 9.82. The minimum atomic E-state index is 0.0177. The highest BCUT2D eigenvalue weighted by Crippen LogP contribution is 2.30. The average Bonchev–Trinajstić information content (AvgIpc) is 2.52. The maximum Gasteiger partial charge on any atom is 0.124 e. The van der Waals surface area contributed by atoms with Crippen molar-refractivity contribution in [1.29, 1.82) is 0 Å². The van der Waals surface area contributed by atoms with Crippen LogP contribution in [0.2, 0.25) is 10.0 Å². The molecule has 2 aromatic rings. The molecule has 1 N–H and O–H groups in total. The van der Waals surface area contributed by atoms with Crippen LogP contribution in [-0.2, 0) is 13.2 Å². The standard InChI is InChI=1S/C22H28BrCl2NO/c1-21(2,3)14-22(4,5)26-12-15-11-16(23)9-10-20(15)27-13-17-18(24)7-6-8-19(17)25/h6-11,26H,12-14H2,1-5H3. The molecule has 0 fully saturated rings. The van der Waals surface area contributed by atoms with E-state index in [1.54, 1.807) is 0 Å².